The minimum atomic E-state index is -0.219. The monoisotopic (exact) mass is 281 g/mol. The summed E-state index contributed by atoms with van der Waals surface area (Å²) in [5.41, 5.74) is -0.0708. The molecule has 0 aromatic rings. The van der Waals surface area contributed by atoms with Gasteiger partial charge in [0.2, 0.25) is 5.91 Å². The molecule has 0 aromatic carbocycles. The number of rotatable bonds is 4. The van der Waals surface area contributed by atoms with E-state index < -0.39 is 0 Å². The van der Waals surface area contributed by atoms with E-state index >= 15 is 0 Å². The van der Waals surface area contributed by atoms with Gasteiger partial charge in [-0.15, -0.1) is 0 Å². The van der Waals surface area contributed by atoms with Crippen LogP contribution in [0.5, 0.6) is 0 Å². The number of hydrogen-bond donors (Lipinski definition) is 3. The minimum absolute atomic E-state index is 0.0636. The maximum absolute atomic E-state index is 11.8. The van der Waals surface area contributed by atoms with Crippen molar-refractivity contribution in [1.29, 1.82) is 0 Å². The number of amides is 3. The van der Waals surface area contributed by atoms with Crippen LogP contribution < -0.4 is 16.0 Å². The van der Waals surface area contributed by atoms with Gasteiger partial charge in [0.15, 0.2) is 0 Å². The first kappa shape index (κ1) is 15.1. The molecule has 0 aliphatic heterocycles. The molecule has 0 spiro atoms. The van der Waals surface area contributed by atoms with Gasteiger partial charge in [0, 0.05) is 11.6 Å². The highest BCUT2D eigenvalue weighted by atomic mass is 16.2. The normalized spacial score (nSPS) is 22.2. The summed E-state index contributed by atoms with van der Waals surface area (Å²) in [4.78, 5) is 23.6. The standard InChI is InChI=1S/C15H27N3O2/c1-15(9-5-6-10-15)18-13(19)11-16-14(20)17-12-7-3-2-4-8-12/h12H,2-11H2,1H3,(H,18,19)(H2,16,17,20). The quantitative estimate of drug-likeness (QED) is 0.738. The third-order valence-electron chi connectivity index (χ3n) is 4.50. The van der Waals surface area contributed by atoms with Crippen molar-refractivity contribution in [2.75, 3.05) is 6.54 Å². The average Bonchev–Trinajstić information content (AvgIpc) is 2.84. The highest BCUT2D eigenvalue weighted by Crippen LogP contribution is 2.28. The van der Waals surface area contributed by atoms with Crippen LogP contribution in [0, 0.1) is 0 Å². The Morgan fingerprint density at radius 1 is 1.05 bits per heavy atom. The van der Waals surface area contributed by atoms with Gasteiger partial charge in [-0.2, -0.15) is 0 Å². The van der Waals surface area contributed by atoms with E-state index in [1.807, 2.05) is 0 Å². The van der Waals surface area contributed by atoms with E-state index in [1.54, 1.807) is 0 Å². The van der Waals surface area contributed by atoms with Crippen LogP contribution in [-0.4, -0.2) is 30.1 Å². The Labute approximate surface area is 121 Å². The van der Waals surface area contributed by atoms with Crippen molar-refractivity contribution in [3.63, 3.8) is 0 Å². The second-order valence-electron chi connectivity index (χ2n) is 6.48. The summed E-state index contributed by atoms with van der Waals surface area (Å²) >= 11 is 0. The maximum Gasteiger partial charge on any atom is 0.315 e. The molecule has 0 radical (unpaired) electrons. The van der Waals surface area contributed by atoms with Crippen molar-refractivity contribution >= 4 is 11.9 Å². The van der Waals surface area contributed by atoms with Crippen LogP contribution in [-0.2, 0) is 4.79 Å². The van der Waals surface area contributed by atoms with Gasteiger partial charge in [-0.3, -0.25) is 4.79 Å². The van der Waals surface area contributed by atoms with Gasteiger partial charge in [0.1, 0.15) is 0 Å². The third-order valence-corrected chi connectivity index (χ3v) is 4.50. The van der Waals surface area contributed by atoms with Crippen LogP contribution in [0.15, 0.2) is 0 Å². The van der Waals surface area contributed by atoms with Crippen LogP contribution in [0.2, 0.25) is 0 Å². The second kappa shape index (κ2) is 6.95. The van der Waals surface area contributed by atoms with E-state index in [2.05, 4.69) is 22.9 Å². The smallest absolute Gasteiger partial charge is 0.315 e. The first-order valence-corrected chi connectivity index (χ1v) is 7.93. The van der Waals surface area contributed by atoms with Crippen LogP contribution >= 0.6 is 0 Å². The molecule has 0 saturated heterocycles. The molecule has 2 aliphatic carbocycles. The SMILES string of the molecule is CC1(NC(=O)CNC(=O)NC2CCCCC2)CCCC1. The van der Waals surface area contributed by atoms with E-state index in [0.29, 0.717) is 0 Å². The van der Waals surface area contributed by atoms with E-state index in [0.717, 1.165) is 25.7 Å². The van der Waals surface area contributed by atoms with E-state index in [9.17, 15) is 9.59 Å². The largest absolute Gasteiger partial charge is 0.349 e. The fraction of sp³-hybridized carbons (Fsp3) is 0.867. The molecule has 3 N–H and O–H groups in total. The first-order chi connectivity index (χ1) is 9.57. The van der Waals surface area contributed by atoms with Gasteiger partial charge in [-0.1, -0.05) is 32.1 Å². The molecule has 2 aliphatic rings. The molecule has 2 fully saturated rings. The van der Waals surface area contributed by atoms with Gasteiger partial charge < -0.3 is 16.0 Å². The molecule has 20 heavy (non-hydrogen) atoms. The summed E-state index contributed by atoms with van der Waals surface area (Å²) in [7, 11) is 0. The van der Waals surface area contributed by atoms with Gasteiger partial charge in [0.25, 0.3) is 0 Å². The van der Waals surface area contributed by atoms with Gasteiger partial charge in [-0.25, -0.2) is 4.79 Å². The summed E-state index contributed by atoms with van der Waals surface area (Å²) in [5, 5.41) is 8.64. The molecule has 3 amide bonds. The fourth-order valence-corrected chi connectivity index (χ4v) is 3.31. The van der Waals surface area contributed by atoms with E-state index in [4.69, 9.17) is 0 Å². The number of carbonyl (C=O) groups is 2. The topological polar surface area (TPSA) is 70.2 Å². The van der Waals surface area contributed by atoms with Crippen LogP contribution in [0.25, 0.3) is 0 Å². The molecule has 5 heteroatoms. The minimum Gasteiger partial charge on any atom is -0.349 e. The van der Waals surface area contributed by atoms with Crippen molar-refractivity contribution < 1.29 is 9.59 Å². The number of hydrogen-bond acceptors (Lipinski definition) is 2. The molecule has 0 unspecified atom stereocenters. The van der Waals surface area contributed by atoms with Crippen molar-refractivity contribution in [2.45, 2.75) is 76.3 Å². The summed E-state index contributed by atoms with van der Waals surface area (Å²) in [6.45, 7) is 2.15. The summed E-state index contributed by atoms with van der Waals surface area (Å²) in [6.07, 6.45) is 10.2. The lowest BCUT2D eigenvalue weighted by atomic mass is 9.96. The predicted molar refractivity (Wildman–Crippen MR) is 78.4 cm³/mol. The molecule has 0 bridgehead atoms. The molecule has 114 valence electrons. The number of nitrogens with one attached hydrogen (secondary N) is 3. The predicted octanol–water partition coefficient (Wildman–Crippen LogP) is 2.07. The summed E-state index contributed by atoms with van der Waals surface area (Å²) < 4.78 is 0. The fourth-order valence-electron chi connectivity index (χ4n) is 3.31. The Kier molecular flexibility index (Phi) is 5.26. The Balaban J connectivity index is 1.63. The highest BCUT2D eigenvalue weighted by Gasteiger charge is 2.30. The zero-order chi connectivity index (χ0) is 14.4. The zero-order valence-corrected chi connectivity index (χ0v) is 12.5. The Hall–Kier alpha value is -1.26. The highest BCUT2D eigenvalue weighted by molar-refractivity contribution is 5.84. The first-order valence-electron chi connectivity index (χ1n) is 7.93. The van der Waals surface area contributed by atoms with Crippen LogP contribution in [0.1, 0.15) is 64.7 Å². The lowest BCUT2D eigenvalue weighted by molar-refractivity contribution is -0.121. The van der Waals surface area contributed by atoms with Crippen molar-refractivity contribution in [2.24, 2.45) is 0 Å². The molecular formula is C15H27N3O2. The molecule has 0 aromatic heterocycles. The van der Waals surface area contributed by atoms with Gasteiger partial charge in [0.05, 0.1) is 6.54 Å². The Morgan fingerprint density at radius 3 is 2.35 bits per heavy atom. The summed E-state index contributed by atoms with van der Waals surface area (Å²) in [6, 6.07) is 0.0581. The molecule has 2 rings (SSSR count). The van der Waals surface area contributed by atoms with Crippen molar-refractivity contribution in [3.8, 4) is 0 Å². The molecule has 0 heterocycles. The van der Waals surface area contributed by atoms with Crippen LogP contribution in [0.4, 0.5) is 4.79 Å². The molecule has 0 atom stereocenters. The maximum atomic E-state index is 11.8. The molecule has 2 saturated carbocycles. The Bertz CT molecular complexity index is 345. The van der Waals surface area contributed by atoms with Gasteiger partial charge >= 0.3 is 6.03 Å². The number of urea groups is 1. The van der Waals surface area contributed by atoms with Crippen molar-refractivity contribution in [3.05, 3.63) is 0 Å². The van der Waals surface area contributed by atoms with E-state index in [1.165, 1.54) is 32.1 Å². The number of carbonyl (C=O) groups excluding carboxylic acids is 2. The summed E-state index contributed by atoms with van der Waals surface area (Å²) in [5.74, 6) is -0.0896. The lowest BCUT2D eigenvalue weighted by Gasteiger charge is -2.26. The average molecular weight is 281 g/mol. The zero-order valence-electron chi connectivity index (χ0n) is 12.5. The van der Waals surface area contributed by atoms with Gasteiger partial charge in [-0.05, 0) is 32.6 Å². The van der Waals surface area contributed by atoms with Crippen LogP contribution in [0.3, 0.4) is 0 Å². The molecule has 5 nitrogen and oxygen atoms in total. The van der Waals surface area contributed by atoms with Crippen molar-refractivity contribution in [1.82, 2.24) is 16.0 Å². The Morgan fingerprint density at radius 2 is 1.70 bits per heavy atom. The van der Waals surface area contributed by atoms with E-state index in [-0.39, 0.29) is 30.1 Å². The second-order valence-corrected chi connectivity index (χ2v) is 6.48. The third kappa shape index (κ3) is 4.69. The lowest BCUT2D eigenvalue weighted by Crippen LogP contribution is -2.50. The molecular weight excluding hydrogens is 254 g/mol.